The second-order valence-electron chi connectivity index (χ2n) is 28.6. The summed E-state index contributed by atoms with van der Waals surface area (Å²) in [4.78, 5) is 72.6. The predicted octanol–water partition coefficient (Wildman–Crippen LogP) is 21.3. The quantitative estimate of drug-likeness (QED) is 0.0222. The smallest absolute Gasteiger partial charge is 0.462 e. The molecule has 0 amide bonds. The van der Waals surface area contributed by atoms with Crippen LogP contribution in [0.5, 0.6) is 0 Å². The van der Waals surface area contributed by atoms with Crippen molar-refractivity contribution in [3.05, 3.63) is 0 Å². The molecule has 17 nitrogen and oxygen atoms in total. The van der Waals surface area contributed by atoms with Crippen LogP contribution in [0, 0.1) is 23.7 Å². The van der Waals surface area contributed by atoms with Crippen LogP contribution in [-0.4, -0.2) is 96.7 Å². The van der Waals surface area contributed by atoms with E-state index in [1.54, 1.807) is 0 Å². The molecule has 19 heteroatoms. The van der Waals surface area contributed by atoms with E-state index < -0.39 is 97.5 Å². The lowest BCUT2D eigenvalue weighted by atomic mass is 10.0. The van der Waals surface area contributed by atoms with E-state index in [0.717, 1.165) is 115 Å². The zero-order valence-corrected chi connectivity index (χ0v) is 62.7. The first-order valence-corrected chi connectivity index (χ1v) is 41.2. The summed E-state index contributed by atoms with van der Waals surface area (Å²) in [5, 5.41) is 10.6. The third kappa shape index (κ3) is 68.4. The van der Waals surface area contributed by atoms with Gasteiger partial charge in [-0.2, -0.15) is 0 Å². The van der Waals surface area contributed by atoms with Crippen molar-refractivity contribution in [1.82, 2.24) is 0 Å². The topological polar surface area (TPSA) is 237 Å². The maximum Gasteiger partial charge on any atom is 0.472 e. The van der Waals surface area contributed by atoms with Gasteiger partial charge >= 0.3 is 39.5 Å². The molecule has 0 saturated carbocycles. The van der Waals surface area contributed by atoms with E-state index in [1.165, 1.54) is 161 Å². The molecule has 3 unspecified atom stereocenters. The molecule has 0 aromatic heterocycles. The molecule has 0 aliphatic rings. The average molecular weight is 1370 g/mol. The fraction of sp³-hybridized carbons (Fsp3) is 0.946. The molecular weight excluding hydrogens is 1220 g/mol. The van der Waals surface area contributed by atoms with E-state index in [0.29, 0.717) is 37.5 Å². The third-order valence-electron chi connectivity index (χ3n) is 17.1. The Kier molecular flexibility index (Phi) is 62.2. The van der Waals surface area contributed by atoms with E-state index in [2.05, 4.69) is 55.4 Å². The standard InChI is InChI=1S/C74H144O17P2/c1-64(2)50-42-34-26-21-17-13-10-9-11-15-19-23-29-40-48-56-74(79)91-70(61-85-72(77)55-47-39-33-32-37-45-53-67(7)8)63-89-93(82,83)87-59-68(75)58-86-92(80,81)88-62-69(60-84-71(76)54-46-38-31-25-28-36-44-52-66(5)6)90-73(78)57-49-41-30-24-20-16-12-14-18-22-27-35-43-51-65(3)4/h64-70,75H,9-63H2,1-8H3,(H,80,81)(H,82,83)/t68?,69-,70-/m1/s1. The normalized spacial score (nSPS) is 14.2. The summed E-state index contributed by atoms with van der Waals surface area (Å²) in [5.74, 6) is 0.847. The van der Waals surface area contributed by atoms with Gasteiger partial charge in [-0.05, 0) is 49.4 Å². The van der Waals surface area contributed by atoms with Gasteiger partial charge in [-0.25, -0.2) is 9.13 Å². The summed E-state index contributed by atoms with van der Waals surface area (Å²) in [6.07, 6.45) is 47.5. The van der Waals surface area contributed by atoms with Crippen molar-refractivity contribution in [3.63, 3.8) is 0 Å². The fourth-order valence-electron chi connectivity index (χ4n) is 11.2. The molecule has 552 valence electrons. The number of hydrogen-bond acceptors (Lipinski definition) is 15. The van der Waals surface area contributed by atoms with Crippen molar-refractivity contribution >= 4 is 39.5 Å². The zero-order chi connectivity index (χ0) is 68.9. The molecule has 0 aliphatic carbocycles. The molecule has 0 heterocycles. The summed E-state index contributed by atoms with van der Waals surface area (Å²) in [7, 11) is -9.91. The maximum absolute atomic E-state index is 13.0. The van der Waals surface area contributed by atoms with E-state index in [1.807, 2.05) is 0 Å². The first-order valence-electron chi connectivity index (χ1n) is 38.2. The number of hydrogen-bond donors (Lipinski definition) is 3. The first-order chi connectivity index (χ1) is 44.6. The van der Waals surface area contributed by atoms with Gasteiger partial charge in [-0.1, -0.05) is 319 Å². The molecule has 0 bridgehead atoms. The minimum absolute atomic E-state index is 0.106. The molecule has 0 aromatic rings. The molecule has 0 saturated heterocycles. The molecule has 93 heavy (non-hydrogen) atoms. The van der Waals surface area contributed by atoms with Crippen molar-refractivity contribution in [3.8, 4) is 0 Å². The van der Waals surface area contributed by atoms with Crippen LogP contribution in [0.1, 0.15) is 370 Å². The second-order valence-corrected chi connectivity index (χ2v) is 31.5. The van der Waals surface area contributed by atoms with Crippen LogP contribution in [-0.2, 0) is 65.4 Å². The molecule has 3 N–H and O–H groups in total. The van der Waals surface area contributed by atoms with Gasteiger partial charge in [0, 0.05) is 25.7 Å². The number of aliphatic hydroxyl groups is 1. The number of carbonyl (C=O) groups excluding carboxylic acids is 4. The van der Waals surface area contributed by atoms with Gasteiger partial charge in [0.25, 0.3) is 0 Å². The van der Waals surface area contributed by atoms with Crippen molar-refractivity contribution in [1.29, 1.82) is 0 Å². The van der Waals surface area contributed by atoms with Gasteiger partial charge in [0.1, 0.15) is 19.3 Å². The molecule has 0 fully saturated rings. The Bertz CT molecular complexity index is 1830. The van der Waals surface area contributed by atoms with E-state index >= 15 is 0 Å². The van der Waals surface area contributed by atoms with Crippen LogP contribution in [0.4, 0.5) is 0 Å². The van der Waals surface area contributed by atoms with Crippen LogP contribution < -0.4 is 0 Å². The molecule has 0 aliphatic heterocycles. The van der Waals surface area contributed by atoms with Crippen molar-refractivity contribution in [2.75, 3.05) is 39.6 Å². The molecule has 5 atom stereocenters. The number of phosphoric ester groups is 2. The summed E-state index contributed by atoms with van der Waals surface area (Å²) in [5.41, 5.74) is 0. The van der Waals surface area contributed by atoms with Gasteiger partial charge < -0.3 is 33.8 Å². The lowest BCUT2D eigenvalue weighted by Crippen LogP contribution is -2.30. The minimum atomic E-state index is -4.95. The highest BCUT2D eigenvalue weighted by Crippen LogP contribution is 2.45. The minimum Gasteiger partial charge on any atom is -0.462 e. The van der Waals surface area contributed by atoms with Crippen molar-refractivity contribution in [2.24, 2.45) is 23.7 Å². The number of carbonyl (C=O) groups is 4. The predicted molar refractivity (Wildman–Crippen MR) is 377 cm³/mol. The summed E-state index contributed by atoms with van der Waals surface area (Å²) < 4.78 is 68.4. The Labute approximate surface area is 568 Å². The van der Waals surface area contributed by atoms with Gasteiger partial charge in [-0.15, -0.1) is 0 Å². The Morgan fingerprint density at radius 1 is 0.269 bits per heavy atom. The molecule has 0 radical (unpaired) electrons. The Hall–Kier alpha value is -1.94. The Balaban J connectivity index is 5.20. The summed E-state index contributed by atoms with van der Waals surface area (Å²) >= 11 is 0. The largest absolute Gasteiger partial charge is 0.472 e. The highest BCUT2D eigenvalue weighted by Gasteiger charge is 2.30. The highest BCUT2D eigenvalue weighted by molar-refractivity contribution is 7.47. The lowest BCUT2D eigenvalue weighted by Gasteiger charge is -2.21. The van der Waals surface area contributed by atoms with E-state index in [-0.39, 0.29) is 25.7 Å². The zero-order valence-electron chi connectivity index (χ0n) is 60.9. The molecule has 0 aromatic carbocycles. The van der Waals surface area contributed by atoms with Crippen LogP contribution in [0.3, 0.4) is 0 Å². The summed E-state index contributed by atoms with van der Waals surface area (Å²) in [6, 6.07) is 0. The van der Waals surface area contributed by atoms with Crippen LogP contribution in [0.25, 0.3) is 0 Å². The highest BCUT2D eigenvalue weighted by atomic mass is 31.2. The van der Waals surface area contributed by atoms with Crippen LogP contribution in [0.15, 0.2) is 0 Å². The van der Waals surface area contributed by atoms with Crippen molar-refractivity contribution < 1.29 is 80.2 Å². The monoisotopic (exact) mass is 1370 g/mol. The van der Waals surface area contributed by atoms with Gasteiger partial charge in [0.15, 0.2) is 12.2 Å². The van der Waals surface area contributed by atoms with Gasteiger partial charge in [-0.3, -0.25) is 37.3 Å². The summed E-state index contributed by atoms with van der Waals surface area (Å²) in [6.45, 7) is 14.1. The van der Waals surface area contributed by atoms with Crippen LogP contribution >= 0.6 is 15.6 Å². The van der Waals surface area contributed by atoms with Gasteiger partial charge in [0.05, 0.1) is 26.4 Å². The van der Waals surface area contributed by atoms with E-state index in [4.69, 9.17) is 37.0 Å². The Morgan fingerprint density at radius 2 is 0.452 bits per heavy atom. The first kappa shape index (κ1) is 91.1. The third-order valence-corrected chi connectivity index (χ3v) is 19.0. The molecule has 0 spiro atoms. The van der Waals surface area contributed by atoms with E-state index in [9.17, 15) is 43.2 Å². The van der Waals surface area contributed by atoms with Gasteiger partial charge in [0.2, 0.25) is 0 Å². The SMILES string of the molecule is CC(C)CCCCCCCCCCCCCCCCCC(=O)O[C@H](COC(=O)CCCCCCCCC(C)C)COP(=O)(O)OCC(O)COP(=O)(O)OC[C@@H](COC(=O)CCCCCCCCCC(C)C)OC(=O)CCCCCCCCCCCCCCCC(C)C. The second kappa shape index (κ2) is 63.5. The Morgan fingerprint density at radius 3 is 0.667 bits per heavy atom. The maximum atomic E-state index is 13.0. The number of phosphoric acid groups is 2. The number of esters is 4. The molecular formula is C74H144O17P2. The fourth-order valence-corrected chi connectivity index (χ4v) is 12.8. The average Bonchev–Trinajstić information content (AvgIpc) is 2.77. The molecule has 0 rings (SSSR count). The number of ether oxygens (including phenoxy) is 4. The van der Waals surface area contributed by atoms with Crippen molar-refractivity contribution in [2.45, 2.75) is 388 Å². The van der Waals surface area contributed by atoms with Crippen LogP contribution in [0.2, 0.25) is 0 Å². The number of aliphatic hydroxyl groups excluding tert-OH is 1. The number of unbranched alkanes of at least 4 members (excludes halogenated alkanes) is 37. The lowest BCUT2D eigenvalue weighted by molar-refractivity contribution is -0.161. The number of rotatable bonds is 71.